The molecule has 1 aromatic heterocycles. The summed E-state index contributed by atoms with van der Waals surface area (Å²) in [5.41, 5.74) is 1.94. The van der Waals surface area contributed by atoms with Crippen LogP contribution in [0.4, 0.5) is 0 Å². The van der Waals surface area contributed by atoms with Crippen molar-refractivity contribution in [2.45, 2.75) is 33.6 Å². The van der Waals surface area contributed by atoms with Crippen molar-refractivity contribution in [1.82, 2.24) is 14.5 Å². The lowest BCUT2D eigenvalue weighted by Gasteiger charge is -2.21. The molecule has 140 valence electrons. The van der Waals surface area contributed by atoms with Crippen LogP contribution in [-0.2, 0) is 0 Å². The average molecular weight is 363 g/mol. The molecule has 0 radical (unpaired) electrons. The highest BCUT2D eigenvalue weighted by Crippen LogP contribution is 2.15. The van der Waals surface area contributed by atoms with Crippen molar-refractivity contribution in [3.05, 3.63) is 70.3 Å². The van der Waals surface area contributed by atoms with Crippen LogP contribution in [0.15, 0.2) is 53.3 Å². The van der Waals surface area contributed by atoms with Crippen molar-refractivity contribution in [3.8, 4) is 5.69 Å². The number of fused-ring (bicyclic) bond motifs is 1. The number of nitrogens with zero attached hydrogens (tertiary/aromatic N) is 3. The molecule has 0 bridgehead atoms. The van der Waals surface area contributed by atoms with Gasteiger partial charge in [-0.25, -0.2) is 4.98 Å². The number of rotatable bonds is 6. The molecule has 1 amide bonds. The molecule has 0 N–H and O–H groups in total. The SMILES string of the molecule is CCCN(CCC)C(=O)c1ccc(-n2c(C)nc3ccccc3c2=O)cc1. The molecule has 0 aliphatic carbocycles. The predicted molar refractivity (Wildman–Crippen MR) is 109 cm³/mol. The van der Waals surface area contributed by atoms with Crippen molar-refractivity contribution in [2.75, 3.05) is 13.1 Å². The van der Waals surface area contributed by atoms with Crippen LogP contribution in [0.2, 0.25) is 0 Å². The summed E-state index contributed by atoms with van der Waals surface area (Å²) in [6.45, 7) is 7.46. The van der Waals surface area contributed by atoms with E-state index < -0.39 is 0 Å². The molecule has 5 nitrogen and oxygen atoms in total. The van der Waals surface area contributed by atoms with Crippen LogP contribution in [-0.4, -0.2) is 33.4 Å². The maximum Gasteiger partial charge on any atom is 0.265 e. The molecular weight excluding hydrogens is 338 g/mol. The highest BCUT2D eigenvalue weighted by Gasteiger charge is 2.15. The second-order valence-electron chi connectivity index (χ2n) is 6.66. The third-order valence-corrected chi connectivity index (χ3v) is 4.59. The molecule has 2 aromatic carbocycles. The lowest BCUT2D eigenvalue weighted by atomic mass is 10.1. The molecular formula is C22H25N3O2. The van der Waals surface area contributed by atoms with Gasteiger partial charge in [0, 0.05) is 18.7 Å². The molecule has 0 saturated carbocycles. The van der Waals surface area contributed by atoms with Crippen LogP contribution >= 0.6 is 0 Å². The van der Waals surface area contributed by atoms with E-state index in [9.17, 15) is 9.59 Å². The Kier molecular flexibility index (Phi) is 5.69. The maximum atomic E-state index is 12.9. The van der Waals surface area contributed by atoms with E-state index in [-0.39, 0.29) is 11.5 Å². The normalized spacial score (nSPS) is 10.9. The second kappa shape index (κ2) is 8.16. The highest BCUT2D eigenvalue weighted by molar-refractivity contribution is 5.94. The van der Waals surface area contributed by atoms with Crippen molar-refractivity contribution in [1.29, 1.82) is 0 Å². The number of benzene rings is 2. The summed E-state index contributed by atoms with van der Waals surface area (Å²) in [5, 5.41) is 0.584. The molecule has 1 heterocycles. The minimum Gasteiger partial charge on any atom is -0.339 e. The maximum absolute atomic E-state index is 12.9. The number of carbonyl (C=O) groups is 1. The Hall–Kier alpha value is -2.95. The Morgan fingerprint density at radius 3 is 2.26 bits per heavy atom. The van der Waals surface area contributed by atoms with Gasteiger partial charge in [-0.1, -0.05) is 26.0 Å². The number of para-hydroxylation sites is 1. The molecule has 0 atom stereocenters. The largest absolute Gasteiger partial charge is 0.339 e. The van der Waals surface area contributed by atoms with Crippen molar-refractivity contribution < 1.29 is 4.79 Å². The van der Waals surface area contributed by atoms with Gasteiger partial charge in [0.1, 0.15) is 5.82 Å². The summed E-state index contributed by atoms with van der Waals surface area (Å²) >= 11 is 0. The number of hydrogen-bond donors (Lipinski definition) is 0. The summed E-state index contributed by atoms with van der Waals surface area (Å²) in [4.78, 5) is 32.0. The third kappa shape index (κ3) is 3.77. The first-order valence-electron chi connectivity index (χ1n) is 9.45. The second-order valence-corrected chi connectivity index (χ2v) is 6.66. The molecule has 0 saturated heterocycles. The lowest BCUT2D eigenvalue weighted by molar-refractivity contribution is 0.0755. The molecule has 27 heavy (non-hydrogen) atoms. The zero-order valence-corrected chi connectivity index (χ0v) is 16.1. The van der Waals surface area contributed by atoms with E-state index in [1.165, 1.54) is 0 Å². The Bertz CT molecular complexity index is 1000. The number of amides is 1. The summed E-state index contributed by atoms with van der Waals surface area (Å²) < 4.78 is 1.59. The molecule has 3 rings (SSSR count). The third-order valence-electron chi connectivity index (χ3n) is 4.59. The summed E-state index contributed by atoms with van der Waals surface area (Å²) in [5.74, 6) is 0.655. The summed E-state index contributed by atoms with van der Waals surface area (Å²) in [6, 6.07) is 14.5. The molecule has 3 aromatic rings. The van der Waals surface area contributed by atoms with Gasteiger partial charge in [-0.2, -0.15) is 0 Å². The van der Waals surface area contributed by atoms with Gasteiger partial charge in [-0.05, 0) is 56.2 Å². The van der Waals surface area contributed by atoms with Crippen molar-refractivity contribution >= 4 is 16.8 Å². The number of aryl methyl sites for hydroxylation is 1. The van der Waals surface area contributed by atoms with E-state index >= 15 is 0 Å². The topological polar surface area (TPSA) is 55.2 Å². The van der Waals surface area contributed by atoms with Gasteiger partial charge in [0.05, 0.1) is 16.6 Å². The molecule has 0 aliphatic rings. The number of hydrogen-bond acceptors (Lipinski definition) is 3. The smallest absolute Gasteiger partial charge is 0.265 e. The van der Waals surface area contributed by atoms with E-state index in [1.807, 2.05) is 42.2 Å². The van der Waals surface area contributed by atoms with Gasteiger partial charge in [-0.15, -0.1) is 0 Å². The summed E-state index contributed by atoms with van der Waals surface area (Å²) in [6.07, 6.45) is 1.86. The van der Waals surface area contributed by atoms with E-state index in [0.717, 1.165) is 25.9 Å². The quantitative estimate of drug-likeness (QED) is 0.666. The van der Waals surface area contributed by atoms with Crippen LogP contribution < -0.4 is 5.56 Å². The molecule has 0 aliphatic heterocycles. The average Bonchev–Trinajstić information content (AvgIpc) is 2.68. The van der Waals surface area contributed by atoms with Gasteiger partial charge in [0.2, 0.25) is 0 Å². The highest BCUT2D eigenvalue weighted by atomic mass is 16.2. The van der Waals surface area contributed by atoms with Crippen LogP contribution in [0.5, 0.6) is 0 Å². The Labute approximate surface area is 159 Å². The minimum absolute atomic E-state index is 0.0333. The van der Waals surface area contributed by atoms with Crippen LogP contribution in [0.25, 0.3) is 16.6 Å². The molecule has 0 fully saturated rings. The zero-order chi connectivity index (χ0) is 19.4. The van der Waals surface area contributed by atoms with Crippen LogP contribution in [0.1, 0.15) is 42.9 Å². The van der Waals surface area contributed by atoms with E-state index in [2.05, 4.69) is 18.8 Å². The molecule has 5 heteroatoms. The van der Waals surface area contributed by atoms with Crippen LogP contribution in [0.3, 0.4) is 0 Å². The van der Waals surface area contributed by atoms with Crippen LogP contribution in [0, 0.1) is 6.92 Å². The fourth-order valence-electron chi connectivity index (χ4n) is 3.34. The standard InChI is InChI=1S/C22H25N3O2/c1-4-14-24(15-5-2)21(26)17-10-12-18(13-11-17)25-16(3)23-20-9-7-6-8-19(20)22(25)27/h6-13H,4-5,14-15H2,1-3H3. The summed E-state index contributed by atoms with van der Waals surface area (Å²) in [7, 11) is 0. The number of carbonyl (C=O) groups excluding carboxylic acids is 1. The lowest BCUT2D eigenvalue weighted by Crippen LogP contribution is -2.32. The first-order chi connectivity index (χ1) is 13.1. The Balaban J connectivity index is 1.97. The van der Waals surface area contributed by atoms with Gasteiger partial charge in [0.25, 0.3) is 11.5 Å². The minimum atomic E-state index is -0.101. The molecule has 0 spiro atoms. The van der Waals surface area contributed by atoms with Gasteiger partial charge < -0.3 is 4.90 Å². The van der Waals surface area contributed by atoms with Gasteiger partial charge in [0.15, 0.2) is 0 Å². The Morgan fingerprint density at radius 1 is 1.00 bits per heavy atom. The van der Waals surface area contributed by atoms with Crippen molar-refractivity contribution in [3.63, 3.8) is 0 Å². The zero-order valence-electron chi connectivity index (χ0n) is 16.1. The first kappa shape index (κ1) is 18.8. The van der Waals surface area contributed by atoms with E-state index in [4.69, 9.17) is 0 Å². The molecule has 0 unspecified atom stereocenters. The first-order valence-corrected chi connectivity index (χ1v) is 9.45. The fraction of sp³-hybridized carbons (Fsp3) is 0.318. The van der Waals surface area contributed by atoms with Gasteiger partial charge >= 0.3 is 0 Å². The van der Waals surface area contributed by atoms with Crippen molar-refractivity contribution in [2.24, 2.45) is 0 Å². The van der Waals surface area contributed by atoms with E-state index in [1.54, 1.807) is 22.8 Å². The fourth-order valence-corrected chi connectivity index (χ4v) is 3.34. The predicted octanol–water partition coefficient (Wildman–Crippen LogP) is 3.96. The Morgan fingerprint density at radius 2 is 1.63 bits per heavy atom. The van der Waals surface area contributed by atoms with E-state index in [0.29, 0.717) is 28.0 Å². The van der Waals surface area contributed by atoms with Gasteiger partial charge in [-0.3, -0.25) is 14.2 Å². The monoisotopic (exact) mass is 363 g/mol. The number of aromatic nitrogens is 2.